The Balaban J connectivity index is 1.28. The van der Waals surface area contributed by atoms with Gasteiger partial charge in [0.1, 0.15) is 0 Å². The van der Waals surface area contributed by atoms with E-state index in [1.165, 1.54) is 11.1 Å². The van der Waals surface area contributed by atoms with Gasteiger partial charge in [-0.2, -0.15) is 0 Å². The first-order valence-electron chi connectivity index (χ1n) is 15.4. The van der Waals surface area contributed by atoms with E-state index in [1.54, 1.807) is 14.2 Å². The molecule has 6 rings (SSSR count). The number of nitrogens with two attached hydrogens (primary N) is 1. The second kappa shape index (κ2) is 13.5. The summed E-state index contributed by atoms with van der Waals surface area (Å²) in [5.74, 6) is 1.63. The molecule has 0 unspecified atom stereocenters. The molecular weight excluding hydrogens is 552 g/mol. The number of aliphatic hydroxyl groups excluding tert-OH is 1. The molecule has 2 aliphatic rings. The first-order chi connectivity index (χ1) is 21.5. The van der Waals surface area contributed by atoms with Crippen molar-refractivity contribution in [1.29, 1.82) is 0 Å². The summed E-state index contributed by atoms with van der Waals surface area (Å²) in [6, 6.07) is 29.0. The maximum atomic E-state index is 9.61. The van der Waals surface area contributed by atoms with Gasteiger partial charge in [0.2, 0.25) is 0 Å². The molecular formula is C37H42N2O5. The van der Waals surface area contributed by atoms with Crippen molar-refractivity contribution in [3.63, 3.8) is 0 Å². The van der Waals surface area contributed by atoms with Crippen LogP contribution in [0.4, 0.5) is 0 Å². The standard InChI is InChI=1S/C37H42N2O5/c1-24-35(22-39-15-14-30-18-33(41-2)34(42-3)19-32(30)21-39)43-37(44-36(24)27-12-10-25(23-40)11-13-27)31-9-5-8-29(17-31)28-7-4-6-26(16-28)20-38/h4-13,16-19,24,35-37,40H,14-15,20-23,38H2,1-3H3/t24-,35+,36+,37+/m0/s1. The van der Waals surface area contributed by atoms with E-state index in [1.807, 2.05) is 24.3 Å². The molecule has 3 N–H and O–H groups in total. The molecule has 2 heterocycles. The fourth-order valence-corrected chi connectivity index (χ4v) is 6.42. The highest BCUT2D eigenvalue weighted by Gasteiger charge is 2.39. The van der Waals surface area contributed by atoms with Crippen LogP contribution in [-0.2, 0) is 35.6 Å². The maximum absolute atomic E-state index is 9.61. The Labute approximate surface area is 260 Å². The van der Waals surface area contributed by atoms with Gasteiger partial charge in [-0.1, -0.05) is 67.6 Å². The number of rotatable bonds is 9. The zero-order valence-electron chi connectivity index (χ0n) is 25.7. The number of nitrogens with zero attached hydrogens (tertiary/aromatic N) is 1. The molecule has 0 aromatic heterocycles. The van der Waals surface area contributed by atoms with Crippen LogP contribution in [0.15, 0.2) is 84.9 Å². The number of hydrogen-bond acceptors (Lipinski definition) is 7. The first-order valence-corrected chi connectivity index (χ1v) is 15.4. The zero-order chi connectivity index (χ0) is 30.6. The molecule has 0 aliphatic carbocycles. The molecule has 4 atom stereocenters. The third kappa shape index (κ3) is 6.39. The fourth-order valence-electron chi connectivity index (χ4n) is 6.42. The van der Waals surface area contributed by atoms with Crippen LogP contribution >= 0.6 is 0 Å². The van der Waals surface area contributed by atoms with Crippen molar-refractivity contribution in [2.75, 3.05) is 27.3 Å². The Morgan fingerprint density at radius 3 is 2.23 bits per heavy atom. The average molecular weight is 595 g/mol. The SMILES string of the molecule is COc1cc2c(cc1OC)CN(C[C@H]1O[C@@H](c3cccc(-c4cccc(CN)c4)c3)O[C@@H](c3ccc(CO)cc3)[C@H]1C)CC2. The monoisotopic (exact) mass is 594 g/mol. The van der Waals surface area contributed by atoms with Gasteiger partial charge in [-0.25, -0.2) is 0 Å². The third-order valence-electron chi connectivity index (χ3n) is 9.01. The lowest BCUT2D eigenvalue weighted by atomic mass is 9.89. The van der Waals surface area contributed by atoms with Crippen molar-refractivity contribution in [2.24, 2.45) is 11.7 Å². The highest BCUT2D eigenvalue weighted by atomic mass is 16.7. The number of benzene rings is 4. The van der Waals surface area contributed by atoms with Crippen molar-refractivity contribution in [1.82, 2.24) is 4.90 Å². The van der Waals surface area contributed by atoms with Crippen LogP contribution in [0.2, 0.25) is 0 Å². The fraction of sp³-hybridized carbons (Fsp3) is 0.351. The Bertz CT molecular complexity index is 1570. The smallest absolute Gasteiger partial charge is 0.184 e. The molecule has 7 nitrogen and oxygen atoms in total. The van der Waals surface area contributed by atoms with Crippen LogP contribution in [0.3, 0.4) is 0 Å². The highest BCUT2D eigenvalue weighted by Crippen LogP contribution is 2.43. The lowest BCUT2D eigenvalue weighted by Gasteiger charge is -2.43. The normalized spacial score (nSPS) is 21.9. The van der Waals surface area contributed by atoms with Crippen LogP contribution in [0.1, 0.15) is 52.7 Å². The van der Waals surface area contributed by atoms with E-state index < -0.39 is 6.29 Å². The molecule has 1 saturated heterocycles. The van der Waals surface area contributed by atoms with Crippen molar-refractivity contribution in [2.45, 2.75) is 51.5 Å². The summed E-state index contributed by atoms with van der Waals surface area (Å²) in [5, 5.41) is 9.61. The molecule has 1 fully saturated rings. The van der Waals surface area contributed by atoms with Crippen LogP contribution in [0, 0.1) is 5.92 Å². The van der Waals surface area contributed by atoms with Crippen LogP contribution in [0.25, 0.3) is 11.1 Å². The molecule has 0 saturated carbocycles. The van der Waals surface area contributed by atoms with Gasteiger partial charge in [0, 0.05) is 37.7 Å². The molecule has 4 aromatic carbocycles. The molecule has 230 valence electrons. The lowest BCUT2D eigenvalue weighted by molar-refractivity contribution is -0.276. The lowest BCUT2D eigenvalue weighted by Crippen LogP contribution is -2.45. The average Bonchev–Trinajstić information content (AvgIpc) is 3.08. The van der Waals surface area contributed by atoms with Crippen LogP contribution < -0.4 is 15.2 Å². The van der Waals surface area contributed by atoms with Gasteiger partial charge in [0.15, 0.2) is 17.8 Å². The number of hydrogen-bond donors (Lipinski definition) is 2. The Hall–Kier alpha value is -3.72. The number of fused-ring (bicyclic) bond motifs is 1. The van der Waals surface area contributed by atoms with Crippen molar-refractivity contribution < 1.29 is 24.1 Å². The Morgan fingerprint density at radius 1 is 0.818 bits per heavy atom. The van der Waals surface area contributed by atoms with Gasteiger partial charge >= 0.3 is 0 Å². The topological polar surface area (TPSA) is 86.4 Å². The molecule has 7 heteroatoms. The van der Waals surface area contributed by atoms with E-state index in [0.717, 1.165) is 70.9 Å². The molecule has 4 aromatic rings. The summed E-state index contributed by atoms with van der Waals surface area (Å²) < 4.78 is 24.7. The molecule has 2 aliphatic heterocycles. The third-order valence-corrected chi connectivity index (χ3v) is 9.01. The minimum atomic E-state index is -0.530. The van der Waals surface area contributed by atoms with E-state index >= 15 is 0 Å². The summed E-state index contributed by atoms with van der Waals surface area (Å²) >= 11 is 0. The second-order valence-electron chi connectivity index (χ2n) is 11.8. The van der Waals surface area contributed by atoms with E-state index in [9.17, 15) is 5.11 Å². The summed E-state index contributed by atoms with van der Waals surface area (Å²) in [7, 11) is 3.36. The minimum Gasteiger partial charge on any atom is -0.493 e. The van der Waals surface area contributed by atoms with Crippen molar-refractivity contribution in [3.05, 3.63) is 118 Å². The molecule has 0 spiro atoms. The Kier molecular flexibility index (Phi) is 9.31. The van der Waals surface area contributed by atoms with Gasteiger partial charge in [0.25, 0.3) is 0 Å². The maximum Gasteiger partial charge on any atom is 0.184 e. The predicted octanol–water partition coefficient (Wildman–Crippen LogP) is 6.17. The highest BCUT2D eigenvalue weighted by molar-refractivity contribution is 5.65. The van der Waals surface area contributed by atoms with E-state index in [2.05, 4.69) is 72.5 Å². The van der Waals surface area contributed by atoms with Gasteiger partial charge < -0.3 is 29.8 Å². The number of ether oxygens (including phenoxy) is 4. The quantitative estimate of drug-likeness (QED) is 0.240. The Morgan fingerprint density at radius 2 is 1.52 bits per heavy atom. The second-order valence-corrected chi connectivity index (χ2v) is 11.8. The van der Waals surface area contributed by atoms with Gasteiger partial charge in [-0.05, 0) is 69.6 Å². The molecule has 0 bridgehead atoms. The van der Waals surface area contributed by atoms with Gasteiger partial charge in [-0.15, -0.1) is 0 Å². The first kappa shape index (κ1) is 30.3. The predicted molar refractivity (Wildman–Crippen MR) is 171 cm³/mol. The van der Waals surface area contributed by atoms with Gasteiger partial charge in [0.05, 0.1) is 33.0 Å². The van der Waals surface area contributed by atoms with Gasteiger partial charge in [-0.3, -0.25) is 4.90 Å². The summed E-state index contributed by atoms with van der Waals surface area (Å²) in [6.45, 7) is 5.26. The van der Waals surface area contributed by atoms with Crippen LogP contribution in [0.5, 0.6) is 11.5 Å². The van der Waals surface area contributed by atoms with E-state index in [4.69, 9.17) is 24.7 Å². The number of aliphatic hydroxyl groups is 1. The molecule has 0 radical (unpaired) electrons. The van der Waals surface area contributed by atoms with E-state index in [-0.39, 0.29) is 24.7 Å². The molecule has 44 heavy (non-hydrogen) atoms. The summed E-state index contributed by atoms with van der Waals surface area (Å²) in [4.78, 5) is 2.47. The summed E-state index contributed by atoms with van der Waals surface area (Å²) in [5.41, 5.74) is 14.7. The largest absolute Gasteiger partial charge is 0.493 e. The number of methoxy groups -OCH3 is 2. The molecule has 0 amide bonds. The minimum absolute atomic E-state index is 0.0148. The van der Waals surface area contributed by atoms with E-state index in [0.29, 0.717) is 6.54 Å². The van der Waals surface area contributed by atoms with Crippen LogP contribution in [-0.4, -0.2) is 43.4 Å². The zero-order valence-corrected chi connectivity index (χ0v) is 25.7. The summed E-state index contributed by atoms with van der Waals surface area (Å²) in [6.07, 6.45) is 0.171. The van der Waals surface area contributed by atoms with Crippen molar-refractivity contribution in [3.8, 4) is 22.6 Å². The van der Waals surface area contributed by atoms with Crippen molar-refractivity contribution >= 4 is 0 Å².